The van der Waals surface area contributed by atoms with Crippen LogP contribution in [0.5, 0.6) is 0 Å². The molecule has 1 unspecified atom stereocenters. The molecule has 258 valence electrons. The van der Waals surface area contributed by atoms with E-state index in [1.807, 2.05) is 13.8 Å². The van der Waals surface area contributed by atoms with Gasteiger partial charge in [0, 0.05) is 37.3 Å². The largest absolute Gasteiger partial charge is 0.457 e. The molecular weight excluding hydrogens is 719 g/mol. The highest BCUT2D eigenvalue weighted by molar-refractivity contribution is 14.1. The summed E-state index contributed by atoms with van der Waals surface area (Å²) in [6.45, 7) is 13.3. The van der Waals surface area contributed by atoms with Crippen molar-refractivity contribution < 1.29 is 49.3 Å². The van der Waals surface area contributed by atoms with E-state index >= 15 is 0 Å². The number of nitrogens with one attached hydrogen (secondary N) is 1. The van der Waals surface area contributed by atoms with Gasteiger partial charge < -0.3 is 39.7 Å². The van der Waals surface area contributed by atoms with Gasteiger partial charge in [-0.2, -0.15) is 0 Å². The van der Waals surface area contributed by atoms with Gasteiger partial charge in [-0.1, -0.05) is 26.8 Å². The first-order valence-electron chi connectivity index (χ1n) is 15.2. The van der Waals surface area contributed by atoms with Crippen LogP contribution in [0.15, 0.2) is 28.4 Å². The lowest BCUT2D eigenvalue weighted by Crippen LogP contribution is -2.86. The molecule has 0 aromatic carbocycles. The summed E-state index contributed by atoms with van der Waals surface area (Å²) < 4.78 is 18.7. The second kappa shape index (κ2) is 12.5. The number of nitrogens with zero attached hydrogens (tertiary/aromatic N) is 1. The van der Waals surface area contributed by atoms with Crippen molar-refractivity contribution in [1.29, 1.82) is 0 Å². The van der Waals surface area contributed by atoms with E-state index < -0.39 is 93.3 Å². The van der Waals surface area contributed by atoms with E-state index in [4.69, 9.17) is 19.3 Å². The molecule has 1 aromatic rings. The number of fused-ring (bicyclic) bond motifs is 3. The zero-order valence-electron chi connectivity index (χ0n) is 26.9. The number of ether oxygens (including phenoxy) is 3. The van der Waals surface area contributed by atoms with Crippen molar-refractivity contribution in [3.05, 3.63) is 43.3 Å². The fraction of sp³-hybridized carbons (Fsp3) is 0.742. The topological polar surface area (TPSA) is 218 Å². The Morgan fingerprint density at radius 3 is 2.37 bits per heavy atom. The van der Waals surface area contributed by atoms with Gasteiger partial charge in [-0.3, -0.25) is 23.9 Å². The minimum atomic E-state index is -2.18. The normalized spacial score (nSPS) is 43.0. The molecule has 2 aliphatic carbocycles. The summed E-state index contributed by atoms with van der Waals surface area (Å²) in [4.78, 5) is 50.4. The van der Waals surface area contributed by atoms with Gasteiger partial charge in [-0.25, -0.2) is 4.79 Å². The number of rotatable bonds is 4. The number of aliphatic hydroxyl groups is 5. The van der Waals surface area contributed by atoms with E-state index in [2.05, 4.69) is 11.6 Å². The maximum absolute atomic E-state index is 13.6. The number of aliphatic hydroxyl groups excluding tert-OH is 4. The van der Waals surface area contributed by atoms with E-state index in [9.17, 15) is 39.6 Å². The van der Waals surface area contributed by atoms with E-state index in [0.717, 1.165) is 0 Å². The van der Waals surface area contributed by atoms with Crippen molar-refractivity contribution in [3.63, 3.8) is 0 Å². The molecule has 0 spiro atoms. The Morgan fingerprint density at radius 1 is 1.20 bits per heavy atom. The van der Waals surface area contributed by atoms with Crippen LogP contribution in [0.4, 0.5) is 0 Å². The van der Waals surface area contributed by atoms with Crippen LogP contribution in [0, 0.1) is 20.3 Å². The quantitative estimate of drug-likeness (QED) is 0.139. The molecule has 2 saturated heterocycles. The number of aromatic amines is 1. The zero-order valence-corrected chi connectivity index (χ0v) is 29.0. The van der Waals surface area contributed by atoms with Gasteiger partial charge in [-0.05, 0) is 54.7 Å². The van der Waals surface area contributed by atoms with Crippen molar-refractivity contribution in [2.45, 2.75) is 121 Å². The van der Waals surface area contributed by atoms with Gasteiger partial charge in [0.05, 0.1) is 34.1 Å². The number of carbonyl (C=O) groups excluding carboxylic acids is 2. The Morgan fingerprint density at radius 2 is 1.83 bits per heavy atom. The van der Waals surface area contributed by atoms with Crippen molar-refractivity contribution in [1.82, 2.24) is 9.55 Å². The van der Waals surface area contributed by atoms with E-state index in [-0.39, 0.29) is 19.4 Å². The average molecular weight is 765 g/mol. The average Bonchev–Trinajstić information content (AvgIpc) is 3.34. The molecule has 1 aromatic heterocycles. The van der Waals surface area contributed by atoms with Crippen LogP contribution < -0.4 is 11.2 Å². The van der Waals surface area contributed by atoms with Crippen LogP contribution in [0.3, 0.4) is 0 Å². The summed E-state index contributed by atoms with van der Waals surface area (Å²) >= 11 is 1.80. The molecule has 14 nitrogen and oxygen atoms in total. The molecule has 6 N–H and O–H groups in total. The molecule has 0 radical (unpaired) electrons. The van der Waals surface area contributed by atoms with Gasteiger partial charge in [0.2, 0.25) is 0 Å². The summed E-state index contributed by atoms with van der Waals surface area (Å²) in [6, 6.07) is 0. The summed E-state index contributed by atoms with van der Waals surface area (Å²) in [5.41, 5.74) is -8.05. The first-order chi connectivity index (χ1) is 21.1. The number of H-pyrrole nitrogens is 1. The predicted molar refractivity (Wildman–Crippen MR) is 171 cm³/mol. The first kappa shape index (κ1) is 36.8. The molecule has 4 aliphatic rings. The standard InChI is InChI=1S/C22H34O7.C9H11IN2O5/c1-8-19(5)11-14(25)22(27)20(6)13(24)9-10-18(3,4)16(20)15(26)17(28-12(2)23)21(22,7)29-19;10-4-2-12(9(16)11-8(4)15)7-1-5(14)6(3-13)17-7/h8,13,15-17,24,26-27H,1,9-11H2,2-7H3;2,5-7,13-14H,1,3H2,(H,11,15,16)/t13-,15-,16-,17-,19-,20-,21+,22-;5-,6+,7?/m00/s1. The first-order valence-corrected chi connectivity index (χ1v) is 16.3. The molecule has 11 atom stereocenters. The highest BCUT2D eigenvalue weighted by Crippen LogP contribution is 2.67. The molecule has 0 amide bonds. The maximum atomic E-state index is 13.6. The SMILES string of the molecule is C=C[C@@]1(C)CC(=O)[C@]2(O)[C@@]3(C)[C@@H](O)CCC(C)(C)[C@@H]3[C@H](O)[C@H](OC(C)=O)[C@@]2(C)O1.O=c1[nH]c(=O)n(C2C[C@H](O)[C@@H](CO)O2)cc1I. The van der Waals surface area contributed by atoms with Crippen molar-refractivity contribution in [2.24, 2.45) is 16.7 Å². The number of aromatic nitrogens is 2. The summed E-state index contributed by atoms with van der Waals surface area (Å²) in [5, 5.41) is 53.2. The number of hydrogen-bond donors (Lipinski definition) is 6. The minimum Gasteiger partial charge on any atom is -0.457 e. The fourth-order valence-electron chi connectivity index (χ4n) is 8.38. The highest BCUT2D eigenvalue weighted by atomic mass is 127. The van der Waals surface area contributed by atoms with Gasteiger partial charge in [-0.15, -0.1) is 6.58 Å². The number of esters is 1. The lowest BCUT2D eigenvalue weighted by molar-refractivity contribution is -0.370. The van der Waals surface area contributed by atoms with Crippen molar-refractivity contribution >= 4 is 34.3 Å². The van der Waals surface area contributed by atoms with Crippen molar-refractivity contribution in [3.8, 4) is 0 Å². The third kappa shape index (κ3) is 5.63. The minimum absolute atomic E-state index is 0.138. The summed E-state index contributed by atoms with van der Waals surface area (Å²) in [5.74, 6) is -1.87. The number of ketones is 1. The Labute approximate surface area is 279 Å². The van der Waals surface area contributed by atoms with Gasteiger partial charge >= 0.3 is 11.7 Å². The third-order valence-electron chi connectivity index (χ3n) is 10.6. The lowest BCUT2D eigenvalue weighted by Gasteiger charge is -2.71. The third-order valence-corrected chi connectivity index (χ3v) is 11.4. The van der Waals surface area contributed by atoms with Crippen LogP contribution in [0.1, 0.15) is 73.5 Å². The van der Waals surface area contributed by atoms with Gasteiger partial charge in [0.15, 0.2) is 17.5 Å². The molecule has 46 heavy (non-hydrogen) atoms. The smallest absolute Gasteiger partial charge is 0.330 e. The van der Waals surface area contributed by atoms with Gasteiger partial charge in [0.25, 0.3) is 5.56 Å². The maximum Gasteiger partial charge on any atom is 0.330 e. The van der Waals surface area contributed by atoms with E-state index in [1.54, 1.807) is 36.4 Å². The molecular formula is C31H45IN2O12. The zero-order chi connectivity index (χ0) is 34.8. The molecule has 0 bridgehead atoms. The Balaban J connectivity index is 0.000000240. The monoisotopic (exact) mass is 764 g/mol. The Kier molecular flexibility index (Phi) is 9.99. The van der Waals surface area contributed by atoms with Gasteiger partial charge in [0.1, 0.15) is 17.9 Å². The molecule has 2 saturated carbocycles. The highest BCUT2D eigenvalue weighted by Gasteiger charge is 2.81. The fourth-order valence-corrected chi connectivity index (χ4v) is 8.82. The van der Waals surface area contributed by atoms with Crippen LogP contribution in [0.2, 0.25) is 0 Å². The molecule has 4 fully saturated rings. The van der Waals surface area contributed by atoms with E-state index in [0.29, 0.717) is 16.4 Å². The number of halogens is 1. The number of Topliss-reactive ketones (excluding diaryl/α,β-unsaturated/α-hetero) is 1. The van der Waals surface area contributed by atoms with Crippen LogP contribution >= 0.6 is 22.6 Å². The number of hydrogen-bond acceptors (Lipinski definition) is 12. The molecule has 5 rings (SSSR count). The van der Waals surface area contributed by atoms with Crippen molar-refractivity contribution in [2.75, 3.05) is 6.61 Å². The predicted octanol–water partition coefficient (Wildman–Crippen LogP) is 0.302. The summed E-state index contributed by atoms with van der Waals surface area (Å²) in [7, 11) is 0. The lowest BCUT2D eigenvalue weighted by atomic mass is 9.40. The summed E-state index contributed by atoms with van der Waals surface area (Å²) in [6.07, 6.45) is -1.90. The Hall–Kier alpha value is -1.99. The molecule has 15 heteroatoms. The molecule has 2 aliphatic heterocycles. The molecule has 3 heterocycles. The second-order valence-corrected chi connectivity index (χ2v) is 15.3. The number of carbonyl (C=O) groups is 2. The van der Waals surface area contributed by atoms with Crippen LogP contribution in [-0.2, 0) is 23.8 Å². The van der Waals surface area contributed by atoms with Crippen LogP contribution in [-0.4, -0.2) is 101 Å². The van der Waals surface area contributed by atoms with Crippen LogP contribution in [0.25, 0.3) is 0 Å². The Bertz CT molecular complexity index is 1490. The second-order valence-electron chi connectivity index (χ2n) is 14.1. The van der Waals surface area contributed by atoms with E-state index in [1.165, 1.54) is 30.7 Å².